The van der Waals surface area contributed by atoms with Crippen molar-refractivity contribution in [1.82, 2.24) is 15.1 Å². The lowest BCUT2D eigenvalue weighted by atomic mass is 10.1. The third-order valence-electron chi connectivity index (χ3n) is 3.33. The van der Waals surface area contributed by atoms with Crippen LogP contribution in [0.1, 0.15) is 36.7 Å². The van der Waals surface area contributed by atoms with Gasteiger partial charge >= 0.3 is 0 Å². The maximum atomic E-state index is 4.52. The van der Waals surface area contributed by atoms with Crippen LogP contribution in [0.3, 0.4) is 0 Å². The highest BCUT2D eigenvalue weighted by molar-refractivity contribution is 5.55. The molecule has 16 heavy (non-hydrogen) atoms. The molecule has 0 amide bonds. The van der Waals surface area contributed by atoms with E-state index in [9.17, 15) is 0 Å². The highest BCUT2D eigenvalue weighted by Gasteiger charge is 2.12. The van der Waals surface area contributed by atoms with Crippen molar-refractivity contribution in [3.8, 4) is 0 Å². The number of rotatable bonds is 3. The molecule has 1 fully saturated rings. The fourth-order valence-electron chi connectivity index (χ4n) is 2.35. The molecule has 3 nitrogen and oxygen atoms in total. The third-order valence-corrected chi connectivity index (χ3v) is 3.33. The summed E-state index contributed by atoms with van der Waals surface area (Å²) in [6, 6.07) is 0.559. The van der Waals surface area contributed by atoms with Gasteiger partial charge in [0.2, 0.25) is 0 Å². The molecule has 3 heteroatoms. The molecule has 0 radical (unpaired) electrons. The van der Waals surface area contributed by atoms with Crippen molar-refractivity contribution >= 4 is 6.08 Å². The molecule has 1 aromatic rings. The van der Waals surface area contributed by atoms with Gasteiger partial charge in [0.25, 0.3) is 0 Å². The van der Waals surface area contributed by atoms with Crippen molar-refractivity contribution in [2.24, 2.45) is 0 Å². The number of nitrogens with zero attached hydrogens (tertiary/aromatic N) is 2. The molecule has 0 spiro atoms. The monoisotopic (exact) mass is 219 g/mol. The fraction of sp³-hybridized carbons (Fsp3) is 0.615. The lowest BCUT2D eigenvalue weighted by Gasteiger charge is -2.02. The van der Waals surface area contributed by atoms with E-state index in [-0.39, 0.29) is 0 Å². The molecular formula is C13H21N3. The van der Waals surface area contributed by atoms with E-state index in [4.69, 9.17) is 0 Å². The molecule has 1 aliphatic heterocycles. The van der Waals surface area contributed by atoms with Crippen molar-refractivity contribution in [2.45, 2.75) is 46.2 Å². The zero-order chi connectivity index (χ0) is 11.5. The first-order valence-electron chi connectivity index (χ1n) is 6.18. The Kier molecular flexibility index (Phi) is 3.44. The zero-order valence-electron chi connectivity index (χ0n) is 10.5. The Morgan fingerprint density at radius 2 is 2.31 bits per heavy atom. The van der Waals surface area contributed by atoms with E-state index >= 15 is 0 Å². The highest BCUT2D eigenvalue weighted by atomic mass is 15.3. The van der Waals surface area contributed by atoms with Crippen LogP contribution in [0, 0.1) is 13.8 Å². The zero-order valence-corrected chi connectivity index (χ0v) is 10.5. The standard InChI is InChI=1S/C13H21N3/c1-4-16-11(3)13(10(2)15-16)8-7-12-6-5-9-14-12/h7-8,12,14H,4-6,9H2,1-3H3/b8-7+. The second kappa shape index (κ2) is 4.83. The molecule has 1 unspecified atom stereocenters. The number of aryl methyl sites for hydroxylation is 2. The molecular weight excluding hydrogens is 198 g/mol. The van der Waals surface area contributed by atoms with Gasteiger partial charge in [-0.1, -0.05) is 12.2 Å². The molecule has 2 rings (SSSR count). The topological polar surface area (TPSA) is 29.9 Å². The van der Waals surface area contributed by atoms with Crippen LogP contribution in [0.5, 0.6) is 0 Å². The van der Waals surface area contributed by atoms with Gasteiger partial charge in [0, 0.05) is 23.8 Å². The maximum absolute atomic E-state index is 4.52. The summed E-state index contributed by atoms with van der Waals surface area (Å²) >= 11 is 0. The molecule has 0 aromatic carbocycles. The summed E-state index contributed by atoms with van der Waals surface area (Å²) in [5.74, 6) is 0. The number of nitrogens with one attached hydrogen (secondary N) is 1. The predicted molar refractivity (Wildman–Crippen MR) is 67.4 cm³/mol. The van der Waals surface area contributed by atoms with Crippen LogP contribution in [-0.2, 0) is 6.54 Å². The Morgan fingerprint density at radius 3 is 2.88 bits per heavy atom. The molecule has 0 saturated carbocycles. The Labute approximate surface area is 97.5 Å². The highest BCUT2D eigenvalue weighted by Crippen LogP contribution is 2.16. The molecule has 1 atom stereocenters. The van der Waals surface area contributed by atoms with Crippen molar-refractivity contribution in [3.05, 3.63) is 23.0 Å². The molecule has 0 bridgehead atoms. The summed E-state index contributed by atoms with van der Waals surface area (Å²) in [6.45, 7) is 8.46. The molecule has 1 N–H and O–H groups in total. The molecule has 1 aliphatic rings. The first kappa shape index (κ1) is 11.4. The first-order valence-corrected chi connectivity index (χ1v) is 6.18. The second-order valence-electron chi connectivity index (χ2n) is 4.46. The van der Waals surface area contributed by atoms with E-state index in [2.05, 4.69) is 48.0 Å². The Balaban J connectivity index is 2.16. The van der Waals surface area contributed by atoms with Crippen LogP contribution in [-0.4, -0.2) is 22.4 Å². The third kappa shape index (κ3) is 2.19. The van der Waals surface area contributed by atoms with Gasteiger partial charge in [-0.25, -0.2) is 0 Å². The van der Waals surface area contributed by atoms with Crippen molar-refractivity contribution < 1.29 is 0 Å². The molecule has 0 aliphatic carbocycles. The van der Waals surface area contributed by atoms with Gasteiger partial charge in [-0.05, 0) is 40.2 Å². The van der Waals surface area contributed by atoms with Gasteiger partial charge in [0.1, 0.15) is 0 Å². The van der Waals surface area contributed by atoms with Gasteiger partial charge in [0.05, 0.1) is 5.69 Å². The lowest BCUT2D eigenvalue weighted by molar-refractivity contribution is 0.634. The van der Waals surface area contributed by atoms with Crippen LogP contribution >= 0.6 is 0 Å². The Hall–Kier alpha value is -1.09. The minimum atomic E-state index is 0.559. The quantitative estimate of drug-likeness (QED) is 0.845. The van der Waals surface area contributed by atoms with E-state index in [1.165, 1.54) is 24.1 Å². The number of hydrogen-bond acceptors (Lipinski definition) is 2. The smallest absolute Gasteiger partial charge is 0.0668 e. The summed E-state index contributed by atoms with van der Waals surface area (Å²) in [6.07, 6.45) is 7.06. The lowest BCUT2D eigenvalue weighted by Crippen LogP contribution is -2.18. The van der Waals surface area contributed by atoms with E-state index in [1.807, 2.05) is 0 Å². The summed E-state index contributed by atoms with van der Waals surface area (Å²) in [5.41, 5.74) is 3.69. The maximum Gasteiger partial charge on any atom is 0.0668 e. The van der Waals surface area contributed by atoms with Crippen LogP contribution in [0.4, 0.5) is 0 Å². The Morgan fingerprint density at radius 1 is 1.50 bits per heavy atom. The van der Waals surface area contributed by atoms with E-state index in [1.54, 1.807) is 0 Å². The average Bonchev–Trinajstić information content (AvgIpc) is 2.86. The predicted octanol–water partition coefficient (Wildman–Crippen LogP) is 2.29. The van der Waals surface area contributed by atoms with Crippen molar-refractivity contribution in [1.29, 1.82) is 0 Å². The second-order valence-corrected chi connectivity index (χ2v) is 4.46. The largest absolute Gasteiger partial charge is 0.311 e. The van der Waals surface area contributed by atoms with Crippen LogP contribution in [0.15, 0.2) is 6.08 Å². The summed E-state index contributed by atoms with van der Waals surface area (Å²) in [7, 11) is 0. The van der Waals surface area contributed by atoms with Gasteiger partial charge in [-0.3, -0.25) is 4.68 Å². The SMILES string of the molecule is CCn1nc(C)c(/C=C/C2CCCN2)c1C. The van der Waals surface area contributed by atoms with Crippen LogP contribution < -0.4 is 5.32 Å². The van der Waals surface area contributed by atoms with Crippen molar-refractivity contribution in [3.63, 3.8) is 0 Å². The van der Waals surface area contributed by atoms with Gasteiger partial charge in [-0.15, -0.1) is 0 Å². The average molecular weight is 219 g/mol. The summed E-state index contributed by atoms with van der Waals surface area (Å²) in [5, 5.41) is 7.99. The number of aromatic nitrogens is 2. The molecule has 88 valence electrons. The van der Waals surface area contributed by atoms with Crippen LogP contribution in [0.2, 0.25) is 0 Å². The van der Waals surface area contributed by atoms with Crippen molar-refractivity contribution in [2.75, 3.05) is 6.54 Å². The van der Waals surface area contributed by atoms with E-state index in [0.29, 0.717) is 6.04 Å². The molecule has 1 saturated heterocycles. The Bertz CT molecular complexity index is 384. The minimum absolute atomic E-state index is 0.559. The van der Waals surface area contributed by atoms with Gasteiger partial charge < -0.3 is 5.32 Å². The normalized spacial score (nSPS) is 21.1. The number of hydrogen-bond donors (Lipinski definition) is 1. The molecule has 2 heterocycles. The summed E-state index contributed by atoms with van der Waals surface area (Å²) < 4.78 is 2.07. The van der Waals surface area contributed by atoms with Gasteiger partial charge in [0.15, 0.2) is 0 Å². The van der Waals surface area contributed by atoms with E-state index < -0.39 is 0 Å². The summed E-state index contributed by atoms with van der Waals surface area (Å²) in [4.78, 5) is 0. The fourth-order valence-corrected chi connectivity index (χ4v) is 2.35. The molecule has 1 aromatic heterocycles. The first-order chi connectivity index (χ1) is 7.72. The van der Waals surface area contributed by atoms with Gasteiger partial charge in [-0.2, -0.15) is 5.10 Å². The van der Waals surface area contributed by atoms with E-state index in [0.717, 1.165) is 18.8 Å². The van der Waals surface area contributed by atoms with Crippen LogP contribution in [0.25, 0.3) is 6.08 Å². The minimum Gasteiger partial charge on any atom is -0.311 e.